The van der Waals surface area contributed by atoms with Crippen molar-refractivity contribution >= 4 is 12.0 Å². The van der Waals surface area contributed by atoms with E-state index in [0.717, 1.165) is 18.5 Å². The van der Waals surface area contributed by atoms with Gasteiger partial charge in [-0.15, -0.1) is 0 Å². The first kappa shape index (κ1) is 12.8. The van der Waals surface area contributed by atoms with Crippen molar-refractivity contribution in [2.75, 3.05) is 11.4 Å². The molecule has 0 saturated carbocycles. The summed E-state index contributed by atoms with van der Waals surface area (Å²) in [5.74, 6) is 0. The largest absolute Gasteiger partial charge is 0.525 e. The molecule has 1 radical (unpaired) electrons. The number of nitrogens with zero attached hydrogens (tertiary/aromatic N) is 1. The van der Waals surface area contributed by atoms with Crippen LogP contribution in [-0.4, -0.2) is 12.8 Å². The summed E-state index contributed by atoms with van der Waals surface area (Å²) in [6.45, 7) is 2.79. The van der Waals surface area contributed by atoms with Gasteiger partial charge in [-0.05, 0) is 18.7 Å². The zero-order valence-corrected chi connectivity index (χ0v) is 10.6. The molecule has 0 aliphatic carbocycles. The minimum Gasteiger partial charge on any atom is -0.525 e. The van der Waals surface area contributed by atoms with E-state index in [9.17, 15) is 4.79 Å². The van der Waals surface area contributed by atoms with E-state index in [4.69, 9.17) is 0 Å². The number of hydrogen-bond donors (Lipinski definition) is 0. The Balaban J connectivity index is 0.00000144. The van der Waals surface area contributed by atoms with Gasteiger partial charge >= 0.3 is 0 Å². The van der Waals surface area contributed by atoms with Crippen LogP contribution in [0.4, 0.5) is 5.69 Å². The number of carbonyl (C=O) groups is 1. The maximum Gasteiger partial charge on any atom is 0.152 e. The molecule has 3 heteroatoms. The predicted molar refractivity (Wildman–Crippen MR) is 50.2 cm³/mol. The van der Waals surface area contributed by atoms with Gasteiger partial charge < -0.3 is 4.90 Å². The van der Waals surface area contributed by atoms with Gasteiger partial charge in [-0.25, -0.2) is 0 Å². The number of carbonyl (C=O) groups excluding carboxylic acids is 1. The summed E-state index contributed by atoms with van der Waals surface area (Å²) in [5, 5.41) is 0. The van der Waals surface area contributed by atoms with Crippen LogP contribution >= 0.6 is 0 Å². The van der Waals surface area contributed by atoms with Crippen LogP contribution in [0.25, 0.3) is 0 Å². The first-order valence-electron chi connectivity index (χ1n) is 3.91. The molecule has 0 aromatic heterocycles. The fourth-order valence-corrected chi connectivity index (χ4v) is 1.05. The predicted octanol–water partition coefficient (Wildman–Crippen LogP) is 2.11. The Morgan fingerprint density at radius 2 is 2.08 bits per heavy atom. The van der Waals surface area contributed by atoms with Gasteiger partial charge in [0.25, 0.3) is 0 Å². The third-order valence-corrected chi connectivity index (χ3v) is 1.79. The van der Waals surface area contributed by atoms with E-state index < -0.39 is 0 Å². The summed E-state index contributed by atoms with van der Waals surface area (Å²) < 4.78 is 0. The van der Waals surface area contributed by atoms with Crippen molar-refractivity contribution in [3.8, 4) is 0 Å². The molecule has 13 heavy (non-hydrogen) atoms. The fourth-order valence-electron chi connectivity index (χ4n) is 1.05. The van der Waals surface area contributed by atoms with Crippen LogP contribution in [-0.2, 0) is 32.7 Å². The Bertz CT molecular complexity index is 275. The van der Waals surface area contributed by atoms with Gasteiger partial charge in [-0.1, -0.05) is 19.1 Å². The van der Waals surface area contributed by atoms with Crippen LogP contribution in [0.5, 0.6) is 0 Å². The molecule has 0 saturated heterocycles. The van der Waals surface area contributed by atoms with Crippen LogP contribution in [0.1, 0.15) is 17.3 Å². The van der Waals surface area contributed by atoms with Crippen molar-refractivity contribution in [1.82, 2.24) is 0 Å². The summed E-state index contributed by atoms with van der Waals surface area (Å²) in [7, 11) is 3.81. The van der Waals surface area contributed by atoms with Crippen molar-refractivity contribution in [2.45, 2.75) is 6.92 Å². The number of anilines is 1. The minimum absolute atomic E-state index is 0. The van der Waals surface area contributed by atoms with Crippen LogP contribution < -0.4 is 4.90 Å². The number of benzene rings is 1. The average Bonchev–Trinajstić information content (AvgIpc) is 2.16. The number of hydrogen-bond acceptors (Lipinski definition) is 2. The zero-order valence-electron chi connectivity index (χ0n) is 7.73. The molecule has 1 rings (SSSR count). The van der Waals surface area contributed by atoms with Crippen LogP contribution in [0.15, 0.2) is 24.3 Å². The Morgan fingerprint density at radius 3 is 2.62 bits per heavy atom. The molecule has 0 bridgehead atoms. The van der Waals surface area contributed by atoms with Crippen molar-refractivity contribution in [3.05, 3.63) is 36.9 Å². The normalized spacial score (nSPS) is 8.77. The Hall–Kier alpha value is -0.206. The molecule has 1 aromatic rings. The number of rotatable bonds is 3. The third kappa shape index (κ3) is 3.20. The Morgan fingerprint density at radius 1 is 1.46 bits per heavy atom. The molecule has 67 valence electrons. The second-order valence-corrected chi connectivity index (χ2v) is 2.53. The van der Waals surface area contributed by atoms with Crippen molar-refractivity contribution < 1.29 is 37.5 Å². The fraction of sp³-hybridized carbons (Fsp3) is 0.200. The molecule has 0 spiro atoms. The topological polar surface area (TPSA) is 20.3 Å². The van der Waals surface area contributed by atoms with E-state index in [2.05, 4.69) is 7.05 Å². The summed E-state index contributed by atoms with van der Waals surface area (Å²) >= 11 is 0. The van der Waals surface area contributed by atoms with Crippen molar-refractivity contribution in [2.24, 2.45) is 0 Å². The van der Waals surface area contributed by atoms with Gasteiger partial charge in [0, 0.05) is 44.0 Å². The van der Waals surface area contributed by atoms with E-state index in [1.165, 1.54) is 0 Å². The SMILES string of the molecule is [CH2-]N(CC)c1ccccc1C=O.[Y]. The summed E-state index contributed by atoms with van der Waals surface area (Å²) in [4.78, 5) is 12.4. The molecule has 0 fully saturated rings. The monoisotopic (exact) mass is 251 g/mol. The maximum atomic E-state index is 10.6. The van der Waals surface area contributed by atoms with Crippen molar-refractivity contribution in [3.63, 3.8) is 0 Å². The van der Waals surface area contributed by atoms with Gasteiger partial charge in [0.1, 0.15) is 0 Å². The second-order valence-electron chi connectivity index (χ2n) is 2.53. The molecule has 0 atom stereocenters. The first-order valence-corrected chi connectivity index (χ1v) is 3.91. The van der Waals surface area contributed by atoms with Crippen LogP contribution in [0, 0.1) is 7.05 Å². The van der Waals surface area contributed by atoms with Gasteiger partial charge in [0.15, 0.2) is 6.29 Å². The Labute approximate surface area is 104 Å². The minimum atomic E-state index is 0. The number of aldehydes is 1. The average molecular weight is 251 g/mol. The number of para-hydroxylation sites is 1. The van der Waals surface area contributed by atoms with E-state index in [0.29, 0.717) is 5.56 Å². The van der Waals surface area contributed by atoms with Gasteiger partial charge in [-0.2, -0.15) is 0 Å². The maximum absolute atomic E-state index is 10.6. The third-order valence-electron chi connectivity index (χ3n) is 1.79. The zero-order chi connectivity index (χ0) is 8.97. The Kier molecular flexibility index (Phi) is 6.18. The van der Waals surface area contributed by atoms with Gasteiger partial charge in [0.2, 0.25) is 0 Å². The molecular formula is C10H12NOY-. The van der Waals surface area contributed by atoms with Gasteiger partial charge in [0.05, 0.1) is 0 Å². The first-order chi connectivity index (χ1) is 5.79. The standard InChI is InChI=1S/C10H12NO.Y/c1-3-11(2)10-7-5-4-6-9(10)8-12;/h4-8H,2-3H2,1H3;/q-1;. The molecule has 0 aliphatic rings. The summed E-state index contributed by atoms with van der Waals surface area (Å²) in [6.07, 6.45) is 0.850. The smallest absolute Gasteiger partial charge is 0.152 e. The molecule has 1 aromatic carbocycles. The summed E-state index contributed by atoms with van der Waals surface area (Å²) in [6, 6.07) is 7.42. The molecule has 0 heterocycles. The van der Waals surface area contributed by atoms with Crippen LogP contribution in [0.2, 0.25) is 0 Å². The molecule has 2 nitrogen and oxygen atoms in total. The molecule has 0 aliphatic heterocycles. The molecule has 0 unspecified atom stereocenters. The van der Waals surface area contributed by atoms with E-state index >= 15 is 0 Å². The molecule has 0 amide bonds. The van der Waals surface area contributed by atoms with Crippen LogP contribution in [0.3, 0.4) is 0 Å². The molecular weight excluding hydrogens is 239 g/mol. The van der Waals surface area contributed by atoms with E-state index in [1.54, 1.807) is 11.0 Å². The van der Waals surface area contributed by atoms with E-state index in [1.807, 2.05) is 25.1 Å². The molecule has 0 N–H and O–H groups in total. The van der Waals surface area contributed by atoms with Gasteiger partial charge in [-0.3, -0.25) is 11.8 Å². The van der Waals surface area contributed by atoms with E-state index in [-0.39, 0.29) is 32.7 Å². The van der Waals surface area contributed by atoms with Crippen molar-refractivity contribution in [1.29, 1.82) is 0 Å². The quantitative estimate of drug-likeness (QED) is 0.605. The summed E-state index contributed by atoms with van der Waals surface area (Å²) in [5.41, 5.74) is 1.57. The second kappa shape index (κ2) is 6.28.